The molecule has 0 radical (unpaired) electrons. The van der Waals surface area contributed by atoms with Crippen molar-refractivity contribution in [3.63, 3.8) is 0 Å². The van der Waals surface area contributed by atoms with Crippen molar-refractivity contribution < 1.29 is 4.74 Å². The van der Waals surface area contributed by atoms with E-state index in [1.54, 1.807) is 29.6 Å². The summed E-state index contributed by atoms with van der Waals surface area (Å²) in [5.74, 6) is 1.82. The molecular formula is C26H20N6O2S. The van der Waals surface area contributed by atoms with Crippen LogP contribution in [0.5, 0.6) is 5.75 Å². The van der Waals surface area contributed by atoms with Crippen LogP contribution in [0.1, 0.15) is 5.56 Å². The molecule has 0 aliphatic rings. The Balaban J connectivity index is 1.42. The van der Waals surface area contributed by atoms with Crippen molar-refractivity contribution in [3.05, 3.63) is 107 Å². The van der Waals surface area contributed by atoms with Gasteiger partial charge in [-0.3, -0.25) is 9.20 Å². The van der Waals surface area contributed by atoms with E-state index in [2.05, 4.69) is 27.4 Å². The third kappa shape index (κ3) is 3.75. The molecule has 0 saturated carbocycles. The molecule has 3 heterocycles. The summed E-state index contributed by atoms with van der Waals surface area (Å²) in [5, 5.41) is 14.5. The number of para-hydroxylation sites is 1. The minimum Gasteiger partial charge on any atom is -0.497 e. The molecule has 0 unspecified atom stereocenters. The maximum absolute atomic E-state index is 13.5. The molecule has 0 aliphatic heterocycles. The zero-order chi connectivity index (χ0) is 23.8. The molecule has 0 aliphatic carbocycles. The summed E-state index contributed by atoms with van der Waals surface area (Å²) in [7, 11) is 1.60. The van der Waals surface area contributed by atoms with E-state index >= 15 is 0 Å². The predicted molar refractivity (Wildman–Crippen MR) is 136 cm³/mol. The van der Waals surface area contributed by atoms with Gasteiger partial charge < -0.3 is 4.74 Å². The normalized spacial score (nSPS) is 11.3. The van der Waals surface area contributed by atoms with Gasteiger partial charge in [0.2, 0.25) is 5.78 Å². The minimum absolute atomic E-state index is 0.153. The molecule has 0 atom stereocenters. The van der Waals surface area contributed by atoms with Crippen molar-refractivity contribution in [2.75, 3.05) is 7.11 Å². The van der Waals surface area contributed by atoms with E-state index in [1.165, 1.54) is 0 Å². The number of hydrogen-bond donors (Lipinski definition) is 0. The largest absolute Gasteiger partial charge is 0.497 e. The number of rotatable bonds is 6. The average molecular weight is 481 g/mol. The number of thioether (sulfide) groups is 1. The van der Waals surface area contributed by atoms with Gasteiger partial charge in [-0.2, -0.15) is 5.10 Å². The van der Waals surface area contributed by atoms with Crippen LogP contribution in [0, 0.1) is 0 Å². The van der Waals surface area contributed by atoms with Crippen molar-refractivity contribution >= 4 is 28.4 Å². The minimum atomic E-state index is -0.153. The van der Waals surface area contributed by atoms with Crippen LogP contribution < -0.4 is 10.3 Å². The van der Waals surface area contributed by atoms with E-state index in [-0.39, 0.29) is 5.56 Å². The monoisotopic (exact) mass is 480 g/mol. The third-order valence-electron chi connectivity index (χ3n) is 5.78. The van der Waals surface area contributed by atoms with Crippen LogP contribution >= 0.6 is 11.8 Å². The maximum atomic E-state index is 13.5. The average Bonchev–Trinajstić information content (AvgIpc) is 3.59. The van der Waals surface area contributed by atoms with Gasteiger partial charge in [-0.25, -0.2) is 9.25 Å². The van der Waals surface area contributed by atoms with Gasteiger partial charge in [0, 0.05) is 24.2 Å². The lowest BCUT2D eigenvalue weighted by Gasteiger charge is -2.12. The lowest BCUT2D eigenvalue weighted by atomic mass is 10.2. The van der Waals surface area contributed by atoms with Crippen molar-refractivity contribution in [1.82, 2.24) is 28.9 Å². The van der Waals surface area contributed by atoms with Crippen LogP contribution in [0.4, 0.5) is 0 Å². The van der Waals surface area contributed by atoms with Gasteiger partial charge in [-0.1, -0.05) is 42.1 Å². The Kier molecular flexibility index (Phi) is 5.31. The number of hydrogen-bond acceptors (Lipinski definition) is 6. The van der Waals surface area contributed by atoms with Gasteiger partial charge in [-0.15, -0.1) is 10.2 Å². The molecule has 9 heteroatoms. The highest BCUT2D eigenvalue weighted by Gasteiger charge is 2.18. The summed E-state index contributed by atoms with van der Waals surface area (Å²) >= 11 is 1.57. The molecule has 6 rings (SSSR count). The van der Waals surface area contributed by atoms with E-state index in [4.69, 9.17) is 4.74 Å². The van der Waals surface area contributed by atoms with Gasteiger partial charge in [0.05, 0.1) is 29.4 Å². The first kappa shape index (κ1) is 21.2. The fourth-order valence-corrected chi connectivity index (χ4v) is 4.96. The molecule has 8 nitrogen and oxygen atoms in total. The van der Waals surface area contributed by atoms with Gasteiger partial charge in [0.25, 0.3) is 5.56 Å². The summed E-state index contributed by atoms with van der Waals surface area (Å²) in [6.45, 7) is 0. The Morgan fingerprint density at radius 1 is 0.914 bits per heavy atom. The Bertz CT molecular complexity index is 1700. The second-order valence-corrected chi connectivity index (χ2v) is 8.83. The fourth-order valence-electron chi connectivity index (χ4n) is 4.07. The molecule has 6 aromatic rings. The lowest BCUT2D eigenvalue weighted by molar-refractivity contribution is 0.414. The van der Waals surface area contributed by atoms with Crippen LogP contribution in [0.2, 0.25) is 0 Å². The Morgan fingerprint density at radius 3 is 2.57 bits per heavy atom. The second kappa shape index (κ2) is 8.77. The summed E-state index contributed by atoms with van der Waals surface area (Å²) in [4.78, 5) is 13.5. The Morgan fingerprint density at radius 2 is 1.77 bits per heavy atom. The van der Waals surface area contributed by atoms with Crippen LogP contribution in [-0.2, 0) is 5.75 Å². The van der Waals surface area contributed by atoms with E-state index in [1.807, 2.05) is 82.0 Å². The fraction of sp³-hybridized carbons (Fsp3) is 0.0769. The lowest BCUT2D eigenvalue weighted by Crippen LogP contribution is -2.21. The van der Waals surface area contributed by atoms with Crippen molar-refractivity contribution in [1.29, 1.82) is 0 Å². The zero-order valence-corrected chi connectivity index (χ0v) is 19.6. The number of nitrogens with zero attached hydrogens (tertiary/aromatic N) is 6. The SMILES string of the molecule is COc1cccc(-n2c(=O)c3ccccc3n3c(SCc4ccc(-n5cccn5)cc4)nnc23)c1. The Hall–Kier alpha value is -4.37. The molecule has 0 N–H and O–H groups in total. The summed E-state index contributed by atoms with van der Waals surface area (Å²) in [6, 6.07) is 25.1. The van der Waals surface area contributed by atoms with E-state index in [0.29, 0.717) is 33.5 Å². The van der Waals surface area contributed by atoms with Crippen molar-refractivity contribution in [3.8, 4) is 17.1 Å². The molecular weight excluding hydrogens is 460 g/mol. The molecule has 0 bridgehead atoms. The molecule has 0 spiro atoms. The first-order valence-electron chi connectivity index (χ1n) is 11.0. The highest BCUT2D eigenvalue weighted by atomic mass is 32.2. The quantitative estimate of drug-likeness (QED) is 0.326. The Labute approximate surface area is 204 Å². The molecule has 3 aromatic heterocycles. The number of benzene rings is 3. The first-order chi connectivity index (χ1) is 17.2. The molecule has 0 fully saturated rings. The van der Waals surface area contributed by atoms with Crippen LogP contribution in [0.15, 0.2) is 101 Å². The molecule has 0 saturated heterocycles. The molecule has 0 amide bonds. The summed E-state index contributed by atoms with van der Waals surface area (Å²) in [5.41, 5.74) is 3.44. The van der Waals surface area contributed by atoms with E-state index in [9.17, 15) is 4.79 Å². The third-order valence-corrected chi connectivity index (χ3v) is 6.78. The van der Waals surface area contributed by atoms with E-state index < -0.39 is 0 Å². The zero-order valence-electron chi connectivity index (χ0n) is 18.8. The highest BCUT2D eigenvalue weighted by molar-refractivity contribution is 7.98. The van der Waals surface area contributed by atoms with Gasteiger partial charge >= 0.3 is 0 Å². The van der Waals surface area contributed by atoms with Crippen molar-refractivity contribution in [2.45, 2.75) is 10.9 Å². The smallest absolute Gasteiger partial charge is 0.267 e. The first-order valence-corrected chi connectivity index (χ1v) is 12.0. The standard InChI is InChI=1S/C26H20N6O2S/c1-34-21-7-4-6-20(16-21)31-24(33)22-8-2-3-9-23(22)32-25(31)28-29-26(32)35-17-18-10-12-19(13-11-18)30-15-5-14-27-30/h2-16H,17H2,1H3. The van der Waals surface area contributed by atoms with Gasteiger partial charge in [-0.05, 0) is 48.0 Å². The van der Waals surface area contributed by atoms with Crippen molar-refractivity contribution in [2.24, 2.45) is 0 Å². The van der Waals surface area contributed by atoms with E-state index in [0.717, 1.165) is 16.8 Å². The molecule has 3 aromatic carbocycles. The van der Waals surface area contributed by atoms with Crippen LogP contribution in [0.3, 0.4) is 0 Å². The topological polar surface area (TPSA) is 79.2 Å². The summed E-state index contributed by atoms with van der Waals surface area (Å²) < 4.78 is 10.7. The number of fused-ring (bicyclic) bond motifs is 3. The number of methoxy groups -OCH3 is 1. The predicted octanol–water partition coefficient (Wildman–Crippen LogP) is 4.52. The summed E-state index contributed by atoms with van der Waals surface area (Å²) in [6.07, 6.45) is 3.68. The van der Waals surface area contributed by atoms with Crippen LogP contribution in [0.25, 0.3) is 28.1 Å². The second-order valence-electron chi connectivity index (χ2n) is 7.88. The van der Waals surface area contributed by atoms with Gasteiger partial charge in [0.1, 0.15) is 5.75 Å². The maximum Gasteiger partial charge on any atom is 0.267 e. The number of aromatic nitrogens is 6. The highest BCUT2D eigenvalue weighted by Crippen LogP contribution is 2.26. The molecule has 172 valence electrons. The van der Waals surface area contributed by atoms with Crippen LogP contribution in [-0.4, -0.2) is 36.1 Å². The van der Waals surface area contributed by atoms with Gasteiger partial charge in [0.15, 0.2) is 5.16 Å². The molecule has 35 heavy (non-hydrogen) atoms. The number of ether oxygens (including phenoxy) is 1.